The van der Waals surface area contributed by atoms with E-state index in [4.69, 9.17) is 9.47 Å². The number of nitrogens with one attached hydrogen (secondary N) is 1. The largest absolute Gasteiger partial charge is 0.489 e. The van der Waals surface area contributed by atoms with Crippen LogP contribution in [0.2, 0.25) is 0 Å². The van der Waals surface area contributed by atoms with Crippen LogP contribution >= 0.6 is 0 Å². The number of ether oxygens (including phenoxy) is 2. The Bertz CT molecular complexity index is 650. The highest BCUT2D eigenvalue weighted by Crippen LogP contribution is 2.27. The minimum atomic E-state index is -0.0962. The van der Waals surface area contributed by atoms with E-state index in [0.717, 1.165) is 50.9 Å². The van der Waals surface area contributed by atoms with Crippen LogP contribution in [0, 0.1) is 6.92 Å². The first-order chi connectivity index (χ1) is 14.0. The number of anilines is 1. The minimum Gasteiger partial charge on any atom is -0.489 e. The highest BCUT2D eigenvalue weighted by Gasteiger charge is 2.18. The molecule has 0 aromatic heterocycles. The number of aryl methyl sites for hydroxylation is 1. The molecule has 1 aliphatic rings. The van der Waals surface area contributed by atoms with E-state index >= 15 is 0 Å². The molecule has 1 aliphatic heterocycles. The Morgan fingerprint density at radius 2 is 1.97 bits per heavy atom. The fourth-order valence-corrected chi connectivity index (χ4v) is 3.48. The van der Waals surface area contributed by atoms with Gasteiger partial charge in [0.2, 0.25) is 11.8 Å². The first-order valence-electron chi connectivity index (χ1n) is 11.0. The van der Waals surface area contributed by atoms with Crippen molar-refractivity contribution in [3.8, 4) is 5.75 Å². The van der Waals surface area contributed by atoms with Crippen LogP contribution in [-0.4, -0.2) is 49.1 Å². The van der Waals surface area contributed by atoms with Gasteiger partial charge in [-0.25, -0.2) is 0 Å². The monoisotopic (exact) mass is 404 g/mol. The molecule has 0 saturated carbocycles. The maximum Gasteiger partial charge on any atom is 0.224 e. The number of carbonyl (C=O) groups is 2. The molecule has 6 nitrogen and oxygen atoms in total. The standard InChI is InChI=1S/C23H36N2O4/c1-4-13-25(14-5-2)23(27)10-6-9-22(26)24-20-12-11-18(3)16-21(20)29-17-19-8-7-15-28-19/h11-12,16,19H,4-10,13-15,17H2,1-3H3,(H,24,26). The molecule has 6 heteroatoms. The van der Waals surface area contributed by atoms with Gasteiger partial charge < -0.3 is 19.7 Å². The normalized spacial score (nSPS) is 15.9. The number of carbonyl (C=O) groups excluding carboxylic acids is 2. The topological polar surface area (TPSA) is 67.9 Å². The van der Waals surface area contributed by atoms with E-state index in [-0.39, 0.29) is 17.9 Å². The van der Waals surface area contributed by atoms with Gasteiger partial charge in [0.05, 0.1) is 11.8 Å². The van der Waals surface area contributed by atoms with Crippen molar-refractivity contribution in [2.45, 2.75) is 71.8 Å². The van der Waals surface area contributed by atoms with Crippen molar-refractivity contribution in [3.63, 3.8) is 0 Å². The molecular formula is C23H36N2O4. The highest BCUT2D eigenvalue weighted by atomic mass is 16.5. The molecule has 162 valence electrons. The smallest absolute Gasteiger partial charge is 0.224 e. The first kappa shape index (κ1) is 23.2. The molecule has 1 unspecified atom stereocenters. The third-order valence-corrected chi connectivity index (χ3v) is 4.99. The van der Waals surface area contributed by atoms with Gasteiger partial charge in [0.1, 0.15) is 12.4 Å². The van der Waals surface area contributed by atoms with Gasteiger partial charge >= 0.3 is 0 Å². The van der Waals surface area contributed by atoms with Crippen molar-refractivity contribution < 1.29 is 19.1 Å². The van der Waals surface area contributed by atoms with Gasteiger partial charge in [-0.1, -0.05) is 19.9 Å². The molecular weight excluding hydrogens is 368 g/mol. The van der Waals surface area contributed by atoms with E-state index in [0.29, 0.717) is 37.3 Å². The first-order valence-corrected chi connectivity index (χ1v) is 11.0. The van der Waals surface area contributed by atoms with Gasteiger partial charge in [-0.2, -0.15) is 0 Å². The summed E-state index contributed by atoms with van der Waals surface area (Å²) in [5.41, 5.74) is 1.74. The number of hydrogen-bond acceptors (Lipinski definition) is 4. The third kappa shape index (κ3) is 8.05. The molecule has 1 atom stereocenters. The maximum atomic E-state index is 12.4. The van der Waals surface area contributed by atoms with Crippen LogP contribution in [0.4, 0.5) is 5.69 Å². The molecule has 1 heterocycles. The Morgan fingerprint density at radius 3 is 2.62 bits per heavy atom. The predicted molar refractivity (Wildman–Crippen MR) is 115 cm³/mol. The Balaban J connectivity index is 1.82. The zero-order valence-electron chi connectivity index (χ0n) is 18.2. The molecule has 1 N–H and O–H groups in total. The Labute approximate surface area is 174 Å². The van der Waals surface area contributed by atoms with E-state index < -0.39 is 0 Å². The zero-order valence-corrected chi connectivity index (χ0v) is 18.2. The van der Waals surface area contributed by atoms with Gasteiger partial charge in [-0.05, 0) is 56.7 Å². The summed E-state index contributed by atoms with van der Waals surface area (Å²) in [5, 5.41) is 2.94. The second-order valence-electron chi connectivity index (χ2n) is 7.73. The fourth-order valence-electron chi connectivity index (χ4n) is 3.48. The van der Waals surface area contributed by atoms with E-state index in [9.17, 15) is 9.59 Å². The molecule has 2 rings (SSSR count). The van der Waals surface area contributed by atoms with E-state index in [1.54, 1.807) is 0 Å². The number of hydrogen-bond donors (Lipinski definition) is 1. The average Bonchev–Trinajstić information content (AvgIpc) is 3.21. The molecule has 0 spiro atoms. The highest BCUT2D eigenvalue weighted by molar-refractivity contribution is 5.92. The molecule has 2 amide bonds. The van der Waals surface area contributed by atoms with Crippen LogP contribution in [-0.2, 0) is 14.3 Å². The van der Waals surface area contributed by atoms with Crippen LogP contribution in [0.25, 0.3) is 0 Å². The van der Waals surface area contributed by atoms with Crippen LogP contribution in [0.15, 0.2) is 18.2 Å². The molecule has 1 fully saturated rings. The lowest BCUT2D eigenvalue weighted by Gasteiger charge is -2.21. The van der Waals surface area contributed by atoms with Gasteiger partial charge in [-0.3, -0.25) is 9.59 Å². The van der Waals surface area contributed by atoms with Gasteiger partial charge in [0.25, 0.3) is 0 Å². The summed E-state index contributed by atoms with van der Waals surface area (Å²) in [5.74, 6) is 0.709. The molecule has 0 aliphatic carbocycles. The lowest BCUT2D eigenvalue weighted by Crippen LogP contribution is -2.32. The quantitative estimate of drug-likeness (QED) is 0.564. The lowest BCUT2D eigenvalue weighted by atomic mass is 10.1. The van der Waals surface area contributed by atoms with E-state index in [2.05, 4.69) is 19.2 Å². The molecule has 0 bridgehead atoms. The van der Waals surface area contributed by atoms with Crippen molar-refractivity contribution in [2.75, 3.05) is 31.6 Å². The maximum absolute atomic E-state index is 12.4. The zero-order chi connectivity index (χ0) is 21.1. The van der Waals surface area contributed by atoms with Crippen molar-refractivity contribution in [2.24, 2.45) is 0 Å². The number of nitrogens with zero attached hydrogens (tertiary/aromatic N) is 1. The van der Waals surface area contributed by atoms with Gasteiger partial charge in [-0.15, -0.1) is 0 Å². The SMILES string of the molecule is CCCN(CCC)C(=O)CCCC(=O)Nc1ccc(C)cc1OCC1CCCO1. The second-order valence-corrected chi connectivity index (χ2v) is 7.73. The van der Waals surface area contributed by atoms with Gasteiger partial charge in [0.15, 0.2) is 0 Å². The number of benzene rings is 1. The summed E-state index contributed by atoms with van der Waals surface area (Å²) in [7, 11) is 0. The molecule has 0 radical (unpaired) electrons. The van der Waals surface area contributed by atoms with Crippen LogP contribution in [0.3, 0.4) is 0 Å². The number of rotatable bonds is 12. The van der Waals surface area contributed by atoms with Crippen LogP contribution in [0.1, 0.15) is 64.4 Å². The lowest BCUT2D eigenvalue weighted by molar-refractivity contribution is -0.131. The van der Waals surface area contributed by atoms with E-state index in [1.165, 1.54) is 0 Å². The third-order valence-electron chi connectivity index (χ3n) is 4.99. The van der Waals surface area contributed by atoms with Crippen molar-refractivity contribution >= 4 is 17.5 Å². The summed E-state index contributed by atoms with van der Waals surface area (Å²) in [6.45, 7) is 8.99. The summed E-state index contributed by atoms with van der Waals surface area (Å²) in [4.78, 5) is 26.6. The minimum absolute atomic E-state index is 0.0962. The number of amides is 2. The second kappa shape index (κ2) is 12.5. The van der Waals surface area contributed by atoms with Crippen molar-refractivity contribution in [1.29, 1.82) is 0 Å². The van der Waals surface area contributed by atoms with Crippen molar-refractivity contribution in [1.82, 2.24) is 4.90 Å². The van der Waals surface area contributed by atoms with Crippen LogP contribution < -0.4 is 10.1 Å². The predicted octanol–water partition coefficient (Wildman–Crippen LogP) is 4.31. The Kier molecular flexibility index (Phi) is 9.98. The summed E-state index contributed by atoms with van der Waals surface area (Å²) in [6, 6.07) is 5.75. The molecule has 1 aromatic rings. The summed E-state index contributed by atoms with van der Waals surface area (Å²) < 4.78 is 11.5. The molecule has 1 saturated heterocycles. The molecule has 1 aromatic carbocycles. The Hall–Kier alpha value is -2.08. The average molecular weight is 405 g/mol. The van der Waals surface area contributed by atoms with E-state index in [1.807, 2.05) is 30.0 Å². The van der Waals surface area contributed by atoms with Crippen molar-refractivity contribution in [3.05, 3.63) is 23.8 Å². The summed E-state index contributed by atoms with van der Waals surface area (Å²) in [6.07, 6.45) is 5.38. The Morgan fingerprint density at radius 1 is 1.21 bits per heavy atom. The van der Waals surface area contributed by atoms with Crippen LogP contribution in [0.5, 0.6) is 5.75 Å². The summed E-state index contributed by atoms with van der Waals surface area (Å²) >= 11 is 0. The fraction of sp³-hybridized carbons (Fsp3) is 0.652. The molecule has 29 heavy (non-hydrogen) atoms. The van der Waals surface area contributed by atoms with Gasteiger partial charge in [0, 0.05) is 32.5 Å².